The predicted molar refractivity (Wildman–Crippen MR) is 123 cm³/mol. The smallest absolute Gasteiger partial charge is 0.243 e. The summed E-state index contributed by atoms with van der Waals surface area (Å²) in [7, 11) is 0. The van der Waals surface area contributed by atoms with Crippen molar-refractivity contribution in [1.29, 1.82) is 0 Å². The van der Waals surface area contributed by atoms with Crippen molar-refractivity contribution in [2.24, 2.45) is 5.10 Å². The van der Waals surface area contributed by atoms with Crippen LogP contribution in [-0.2, 0) is 4.79 Å². The van der Waals surface area contributed by atoms with Crippen LogP contribution in [0.15, 0.2) is 88.7 Å². The second kappa shape index (κ2) is 8.30. The van der Waals surface area contributed by atoms with Gasteiger partial charge in [-0.2, -0.15) is 10.2 Å². The summed E-state index contributed by atoms with van der Waals surface area (Å²) in [6, 6.07) is 21.8. The van der Waals surface area contributed by atoms with E-state index in [0.717, 1.165) is 34.0 Å². The van der Waals surface area contributed by atoms with E-state index in [4.69, 9.17) is 14.6 Å². The van der Waals surface area contributed by atoms with E-state index < -0.39 is 0 Å². The van der Waals surface area contributed by atoms with Crippen LogP contribution < -0.4 is 0 Å². The normalized spacial score (nSPS) is 15.8. The number of carbonyl (C=O) groups is 1. The second-order valence-electron chi connectivity index (χ2n) is 7.91. The minimum Gasteiger partial charge on any atom is -0.467 e. The Morgan fingerprint density at radius 2 is 1.84 bits per heavy atom. The van der Waals surface area contributed by atoms with Crippen LogP contribution in [0.25, 0.3) is 16.9 Å². The van der Waals surface area contributed by atoms with Crippen LogP contribution in [0.4, 0.5) is 0 Å². The number of rotatable bonds is 5. The van der Waals surface area contributed by atoms with Crippen LogP contribution >= 0.6 is 0 Å². The molecule has 1 amide bonds. The van der Waals surface area contributed by atoms with E-state index in [9.17, 15) is 4.79 Å². The van der Waals surface area contributed by atoms with Crippen molar-refractivity contribution < 1.29 is 9.21 Å². The van der Waals surface area contributed by atoms with E-state index in [1.54, 1.807) is 11.3 Å². The molecule has 160 valence electrons. The van der Waals surface area contributed by atoms with Gasteiger partial charge < -0.3 is 4.42 Å². The number of benzene rings is 2. The number of nitrogens with zero attached hydrogens (tertiary/aromatic N) is 4. The van der Waals surface area contributed by atoms with Crippen LogP contribution in [0.2, 0.25) is 0 Å². The van der Waals surface area contributed by atoms with Gasteiger partial charge in [-0.05, 0) is 31.2 Å². The number of hydrazone groups is 1. The zero-order valence-corrected chi connectivity index (χ0v) is 18.1. The maximum Gasteiger partial charge on any atom is 0.243 e. The summed E-state index contributed by atoms with van der Waals surface area (Å²) in [6.07, 6.45) is 4.58. The molecular formula is C26H24N4O2. The van der Waals surface area contributed by atoms with E-state index in [1.165, 1.54) is 5.56 Å². The van der Waals surface area contributed by atoms with Crippen molar-refractivity contribution in [3.63, 3.8) is 0 Å². The first kappa shape index (κ1) is 20.0. The first-order valence-electron chi connectivity index (χ1n) is 10.8. The number of para-hydroxylation sites is 1. The third-order valence-corrected chi connectivity index (χ3v) is 5.71. The van der Waals surface area contributed by atoms with Gasteiger partial charge in [-0.25, -0.2) is 9.69 Å². The van der Waals surface area contributed by atoms with Crippen molar-refractivity contribution in [2.45, 2.75) is 32.7 Å². The van der Waals surface area contributed by atoms with Crippen molar-refractivity contribution in [3.05, 3.63) is 96.1 Å². The highest BCUT2D eigenvalue weighted by atomic mass is 16.3. The summed E-state index contributed by atoms with van der Waals surface area (Å²) in [6.45, 7) is 3.91. The molecule has 0 bridgehead atoms. The van der Waals surface area contributed by atoms with Crippen LogP contribution in [-0.4, -0.2) is 26.4 Å². The first-order chi connectivity index (χ1) is 15.6. The quantitative estimate of drug-likeness (QED) is 0.423. The molecule has 0 fully saturated rings. The van der Waals surface area contributed by atoms with Gasteiger partial charge in [0.2, 0.25) is 5.91 Å². The lowest BCUT2D eigenvalue weighted by molar-refractivity contribution is -0.133. The molecule has 2 aromatic carbocycles. The Kier molecular flexibility index (Phi) is 5.19. The van der Waals surface area contributed by atoms with Crippen molar-refractivity contribution in [3.8, 4) is 16.9 Å². The lowest BCUT2D eigenvalue weighted by Gasteiger charge is -2.18. The molecule has 1 atom stereocenters. The Labute approximate surface area is 186 Å². The molecule has 5 rings (SSSR count). The van der Waals surface area contributed by atoms with E-state index in [-0.39, 0.29) is 11.9 Å². The van der Waals surface area contributed by atoms with Crippen molar-refractivity contribution >= 4 is 11.6 Å². The van der Waals surface area contributed by atoms with E-state index in [2.05, 4.69) is 31.2 Å². The molecule has 6 heteroatoms. The molecule has 6 nitrogen and oxygen atoms in total. The van der Waals surface area contributed by atoms with E-state index in [1.807, 2.05) is 60.3 Å². The van der Waals surface area contributed by atoms with Gasteiger partial charge >= 0.3 is 0 Å². The SMILES string of the molecule is CCC(=O)N1N=C(c2cn(-c3ccccc3)nc2-c2ccc(C)cc2)C[C@H]1c1ccco1. The number of aryl methyl sites for hydroxylation is 1. The Morgan fingerprint density at radius 1 is 1.06 bits per heavy atom. The monoisotopic (exact) mass is 424 g/mol. The van der Waals surface area contributed by atoms with Crippen molar-refractivity contribution in [1.82, 2.24) is 14.8 Å². The number of hydrogen-bond acceptors (Lipinski definition) is 4. The Bertz CT molecular complexity index is 1260. The molecule has 0 saturated heterocycles. The van der Waals surface area contributed by atoms with E-state index in [0.29, 0.717) is 12.8 Å². The van der Waals surface area contributed by atoms with Gasteiger partial charge in [0.25, 0.3) is 0 Å². The molecule has 2 aromatic heterocycles. The molecular weight excluding hydrogens is 400 g/mol. The molecule has 0 unspecified atom stereocenters. The third kappa shape index (κ3) is 3.64. The van der Waals surface area contributed by atoms with Crippen LogP contribution in [0.3, 0.4) is 0 Å². The topological polar surface area (TPSA) is 63.6 Å². The second-order valence-corrected chi connectivity index (χ2v) is 7.91. The summed E-state index contributed by atoms with van der Waals surface area (Å²) in [5.41, 5.74) is 5.75. The fraction of sp³-hybridized carbons (Fsp3) is 0.192. The summed E-state index contributed by atoms with van der Waals surface area (Å²) >= 11 is 0. The first-order valence-corrected chi connectivity index (χ1v) is 10.8. The molecule has 0 radical (unpaired) electrons. The van der Waals surface area contributed by atoms with Gasteiger partial charge in [0.1, 0.15) is 17.5 Å². The summed E-state index contributed by atoms with van der Waals surface area (Å²) in [4.78, 5) is 12.7. The van der Waals surface area contributed by atoms with Gasteiger partial charge in [-0.3, -0.25) is 4.79 Å². The number of aromatic nitrogens is 2. The minimum absolute atomic E-state index is 0.0336. The summed E-state index contributed by atoms with van der Waals surface area (Å²) < 4.78 is 7.52. The molecule has 1 aliphatic rings. The largest absolute Gasteiger partial charge is 0.467 e. The van der Waals surface area contributed by atoms with Gasteiger partial charge in [0.15, 0.2) is 0 Å². The Balaban J connectivity index is 1.62. The highest BCUT2D eigenvalue weighted by Gasteiger charge is 2.35. The Hall–Kier alpha value is -3.93. The third-order valence-electron chi connectivity index (χ3n) is 5.71. The molecule has 0 aliphatic carbocycles. The summed E-state index contributed by atoms with van der Waals surface area (Å²) in [5, 5.41) is 11.2. The average molecular weight is 425 g/mol. The molecule has 0 N–H and O–H groups in total. The number of hydrogen-bond donors (Lipinski definition) is 0. The zero-order chi connectivity index (χ0) is 22.1. The van der Waals surface area contributed by atoms with Gasteiger partial charge in [-0.1, -0.05) is 55.0 Å². The van der Waals surface area contributed by atoms with Gasteiger partial charge in [0, 0.05) is 30.2 Å². The van der Waals surface area contributed by atoms with Gasteiger partial charge in [0.05, 0.1) is 17.7 Å². The Morgan fingerprint density at radius 3 is 2.53 bits per heavy atom. The number of carbonyl (C=O) groups excluding carboxylic acids is 1. The van der Waals surface area contributed by atoms with Crippen LogP contribution in [0.5, 0.6) is 0 Å². The van der Waals surface area contributed by atoms with Gasteiger partial charge in [-0.15, -0.1) is 0 Å². The maximum atomic E-state index is 12.7. The number of furan rings is 1. The van der Waals surface area contributed by atoms with Crippen LogP contribution in [0, 0.1) is 6.92 Å². The molecule has 3 heterocycles. The fourth-order valence-corrected chi connectivity index (χ4v) is 3.99. The highest BCUT2D eigenvalue weighted by Crippen LogP contribution is 2.36. The lowest BCUT2D eigenvalue weighted by atomic mass is 9.99. The van der Waals surface area contributed by atoms with Crippen LogP contribution in [0.1, 0.15) is 42.7 Å². The zero-order valence-electron chi connectivity index (χ0n) is 18.1. The van der Waals surface area contributed by atoms with E-state index >= 15 is 0 Å². The molecule has 0 spiro atoms. The molecule has 1 aliphatic heterocycles. The predicted octanol–water partition coefficient (Wildman–Crippen LogP) is 5.53. The molecule has 32 heavy (non-hydrogen) atoms. The van der Waals surface area contributed by atoms with Crippen molar-refractivity contribution in [2.75, 3.05) is 0 Å². The lowest BCUT2D eigenvalue weighted by Crippen LogP contribution is -2.25. The standard InChI is InChI=1S/C26H24N4O2/c1-3-25(31)30-23(24-10-7-15-32-24)16-22(27-30)21-17-29(20-8-5-4-6-9-20)28-26(21)19-13-11-18(2)12-14-19/h4-15,17,23H,3,16H2,1-2H3/t23-/m0/s1. The molecule has 4 aromatic rings. The maximum absolute atomic E-state index is 12.7. The summed E-state index contributed by atoms with van der Waals surface area (Å²) in [5.74, 6) is 0.701. The fourth-order valence-electron chi connectivity index (χ4n) is 3.99. The average Bonchev–Trinajstić information content (AvgIpc) is 3.58. The molecule has 0 saturated carbocycles. The highest BCUT2D eigenvalue weighted by molar-refractivity contribution is 6.07. The number of amides is 1. The minimum atomic E-state index is -0.251.